The van der Waals surface area contributed by atoms with Crippen molar-refractivity contribution in [3.05, 3.63) is 58.7 Å². The molecule has 0 N–H and O–H groups in total. The number of amides is 1. The molecule has 4 rings (SSSR count). The molecule has 2 heterocycles. The standard InChI is InChI=1S/C23H24N2O4/c1-27-20-13-17-6-11-29-23(19(17)14-21(20)28-2)7-9-25(10-8-23)22(26)18-5-3-4-16(12-18)15-24/h3-5,12-14H,6-11H2,1-2H3. The monoisotopic (exact) mass is 392 g/mol. The summed E-state index contributed by atoms with van der Waals surface area (Å²) in [6.07, 6.45) is 2.28. The first-order valence-corrected chi connectivity index (χ1v) is 9.79. The second kappa shape index (κ2) is 7.76. The van der Waals surface area contributed by atoms with Crippen LogP contribution in [-0.2, 0) is 16.8 Å². The molecule has 2 aromatic rings. The van der Waals surface area contributed by atoms with E-state index in [0.717, 1.165) is 30.6 Å². The molecule has 1 fully saturated rings. The number of benzene rings is 2. The Morgan fingerprint density at radius 1 is 1.14 bits per heavy atom. The van der Waals surface area contributed by atoms with Gasteiger partial charge in [0.05, 0.1) is 38.1 Å². The van der Waals surface area contributed by atoms with Crippen LogP contribution < -0.4 is 9.47 Å². The normalized spacial score (nSPS) is 17.3. The molecule has 1 spiro atoms. The SMILES string of the molecule is COc1cc2c(cc1OC)C1(CCN(C(=O)c3cccc(C#N)c3)CC1)OCC2. The molecular formula is C23H24N2O4. The summed E-state index contributed by atoms with van der Waals surface area (Å²) in [6, 6.07) is 13.0. The van der Waals surface area contributed by atoms with Crippen molar-refractivity contribution < 1.29 is 19.0 Å². The Bertz CT molecular complexity index is 971. The number of piperidine rings is 1. The van der Waals surface area contributed by atoms with E-state index in [-0.39, 0.29) is 5.91 Å². The predicted molar refractivity (Wildman–Crippen MR) is 107 cm³/mol. The molecule has 1 saturated heterocycles. The molecule has 29 heavy (non-hydrogen) atoms. The second-order valence-electron chi connectivity index (χ2n) is 7.44. The Balaban J connectivity index is 1.57. The number of methoxy groups -OCH3 is 2. The zero-order valence-electron chi connectivity index (χ0n) is 16.7. The molecule has 2 aliphatic heterocycles. The van der Waals surface area contributed by atoms with Crippen LogP contribution in [0.2, 0.25) is 0 Å². The number of carbonyl (C=O) groups excluding carboxylic acids is 1. The van der Waals surface area contributed by atoms with Crippen molar-refractivity contribution in [2.24, 2.45) is 0 Å². The number of carbonyl (C=O) groups is 1. The third kappa shape index (κ3) is 3.43. The van der Waals surface area contributed by atoms with Crippen molar-refractivity contribution in [2.75, 3.05) is 33.9 Å². The number of nitrogens with zero attached hydrogens (tertiary/aromatic N) is 2. The Morgan fingerprint density at radius 2 is 1.86 bits per heavy atom. The number of fused-ring (bicyclic) bond motifs is 2. The van der Waals surface area contributed by atoms with Crippen molar-refractivity contribution in [3.8, 4) is 17.6 Å². The van der Waals surface area contributed by atoms with Gasteiger partial charge in [0.15, 0.2) is 11.5 Å². The molecule has 0 saturated carbocycles. The second-order valence-corrected chi connectivity index (χ2v) is 7.44. The molecule has 0 radical (unpaired) electrons. The largest absolute Gasteiger partial charge is 0.493 e. The van der Waals surface area contributed by atoms with Gasteiger partial charge in [0.25, 0.3) is 5.91 Å². The van der Waals surface area contributed by atoms with Crippen LogP contribution >= 0.6 is 0 Å². The maximum atomic E-state index is 12.9. The van der Waals surface area contributed by atoms with E-state index >= 15 is 0 Å². The van der Waals surface area contributed by atoms with Gasteiger partial charge in [0.2, 0.25) is 0 Å². The van der Waals surface area contributed by atoms with E-state index in [1.807, 2.05) is 17.0 Å². The van der Waals surface area contributed by atoms with Gasteiger partial charge in [0, 0.05) is 18.7 Å². The van der Waals surface area contributed by atoms with Crippen molar-refractivity contribution in [1.82, 2.24) is 4.90 Å². The number of hydrogen-bond donors (Lipinski definition) is 0. The maximum Gasteiger partial charge on any atom is 0.253 e. The lowest BCUT2D eigenvalue weighted by Gasteiger charge is -2.45. The summed E-state index contributed by atoms with van der Waals surface area (Å²) < 4.78 is 17.3. The van der Waals surface area contributed by atoms with E-state index < -0.39 is 5.60 Å². The summed E-state index contributed by atoms with van der Waals surface area (Å²) in [4.78, 5) is 14.8. The van der Waals surface area contributed by atoms with Crippen LogP contribution in [0.1, 0.15) is 39.9 Å². The Kier molecular flexibility index (Phi) is 5.16. The van der Waals surface area contributed by atoms with Crippen molar-refractivity contribution in [3.63, 3.8) is 0 Å². The molecule has 0 bridgehead atoms. The fraction of sp³-hybridized carbons (Fsp3) is 0.391. The Labute approximate surface area is 170 Å². The van der Waals surface area contributed by atoms with E-state index in [1.54, 1.807) is 38.5 Å². The van der Waals surface area contributed by atoms with Crippen LogP contribution in [0.15, 0.2) is 36.4 Å². The first-order chi connectivity index (χ1) is 14.1. The lowest BCUT2D eigenvalue weighted by atomic mass is 9.79. The van der Waals surface area contributed by atoms with Crippen LogP contribution in [0.5, 0.6) is 11.5 Å². The zero-order chi connectivity index (χ0) is 20.4. The summed E-state index contributed by atoms with van der Waals surface area (Å²) in [5, 5.41) is 9.08. The van der Waals surface area contributed by atoms with E-state index in [0.29, 0.717) is 36.6 Å². The molecule has 0 aliphatic carbocycles. The van der Waals surface area contributed by atoms with Gasteiger partial charge in [-0.05, 0) is 60.7 Å². The van der Waals surface area contributed by atoms with E-state index in [2.05, 4.69) is 6.07 Å². The molecule has 0 atom stereocenters. The lowest BCUT2D eigenvalue weighted by Crippen LogP contribution is -2.48. The average molecular weight is 392 g/mol. The highest BCUT2D eigenvalue weighted by Crippen LogP contribution is 2.45. The van der Waals surface area contributed by atoms with Gasteiger partial charge < -0.3 is 19.1 Å². The molecule has 1 amide bonds. The minimum atomic E-state index is -0.404. The maximum absolute atomic E-state index is 12.9. The van der Waals surface area contributed by atoms with E-state index in [9.17, 15) is 4.79 Å². The number of likely N-dealkylation sites (tertiary alicyclic amines) is 1. The summed E-state index contributed by atoms with van der Waals surface area (Å²) in [6.45, 7) is 1.85. The third-order valence-corrected chi connectivity index (χ3v) is 5.95. The average Bonchev–Trinajstić information content (AvgIpc) is 2.78. The highest BCUT2D eigenvalue weighted by atomic mass is 16.5. The first-order valence-electron chi connectivity index (χ1n) is 9.79. The molecule has 6 heteroatoms. The van der Waals surface area contributed by atoms with Crippen LogP contribution in [0.25, 0.3) is 0 Å². The van der Waals surface area contributed by atoms with Gasteiger partial charge in [-0.25, -0.2) is 0 Å². The minimum Gasteiger partial charge on any atom is -0.493 e. The minimum absolute atomic E-state index is 0.0414. The Morgan fingerprint density at radius 3 is 2.55 bits per heavy atom. The van der Waals surface area contributed by atoms with Gasteiger partial charge >= 0.3 is 0 Å². The van der Waals surface area contributed by atoms with Crippen molar-refractivity contribution in [1.29, 1.82) is 5.26 Å². The van der Waals surface area contributed by atoms with Gasteiger partial charge in [-0.3, -0.25) is 4.79 Å². The molecule has 0 unspecified atom stereocenters. The van der Waals surface area contributed by atoms with Crippen LogP contribution in [0.4, 0.5) is 0 Å². The third-order valence-electron chi connectivity index (χ3n) is 5.95. The molecule has 150 valence electrons. The van der Waals surface area contributed by atoms with Gasteiger partial charge in [0.1, 0.15) is 0 Å². The highest BCUT2D eigenvalue weighted by Gasteiger charge is 2.42. The molecular weight excluding hydrogens is 368 g/mol. The molecule has 0 aromatic heterocycles. The summed E-state index contributed by atoms with van der Waals surface area (Å²) in [5.74, 6) is 1.39. The fourth-order valence-electron chi connectivity index (χ4n) is 4.38. The van der Waals surface area contributed by atoms with E-state index in [4.69, 9.17) is 19.5 Å². The highest BCUT2D eigenvalue weighted by molar-refractivity contribution is 5.94. The summed E-state index contributed by atoms with van der Waals surface area (Å²) in [5.41, 5.74) is 3.00. The van der Waals surface area contributed by atoms with Gasteiger partial charge in [-0.1, -0.05) is 6.07 Å². The smallest absolute Gasteiger partial charge is 0.253 e. The Hall–Kier alpha value is -3.04. The number of nitriles is 1. The zero-order valence-corrected chi connectivity index (χ0v) is 16.7. The van der Waals surface area contributed by atoms with E-state index in [1.165, 1.54) is 5.56 Å². The van der Waals surface area contributed by atoms with Gasteiger partial charge in [-0.2, -0.15) is 5.26 Å². The quantitative estimate of drug-likeness (QED) is 0.802. The number of hydrogen-bond acceptors (Lipinski definition) is 5. The lowest BCUT2D eigenvalue weighted by molar-refractivity contribution is -0.0936. The molecule has 2 aliphatic rings. The van der Waals surface area contributed by atoms with Crippen molar-refractivity contribution in [2.45, 2.75) is 24.9 Å². The number of rotatable bonds is 3. The summed E-state index contributed by atoms with van der Waals surface area (Å²) in [7, 11) is 3.28. The molecule has 2 aromatic carbocycles. The van der Waals surface area contributed by atoms with Crippen LogP contribution in [0.3, 0.4) is 0 Å². The summed E-state index contributed by atoms with van der Waals surface area (Å²) >= 11 is 0. The van der Waals surface area contributed by atoms with Gasteiger partial charge in [-0.15, -0.1) is 0 Å². The van der Waals surface area contributed by atoms with Crippen LogP contribution in [-0.4, -0.2) is 44.7 Å². The topological polar surface area (TPSA) is 71.8 Å². The molecule has 6 nitrogen and oxygen atoms in total. The number of ether oxygens (including phenoxy) is 3. The van der Waals surface area contributed by atoms with Crippen molar-refractivity contribution >= 4 is 5.91 Å². The fourth-order valence-corrected chi connectivity index (χ4v) is 4.38. The van der Waals surface area contributed by atoms with Crippen LogP contribution in [0, 0.1) is 11.3 Å². The first kappa shape index (κ1) is 19.3. The predicted octanol–water partition coefficient (Wildman–Crippen LogP) is 3.28.